The number of benzene rings is 1. The maximum Gasteiger partial charge on any atom is 0.254 e. The van der Waals surface area contributed by atoms with Gasteiger partial charge in [0, 0.05) is 49.8 Å². The van der Waals surface area contributed by atoms with Crippen LogP contribution in [0.4, 0.5) is 10.1 Å². The number of anilines is 1. The monoisotopic (exact) mass is 329 g/mol. The second-order valence-electron chi connectivity index (χ2n) is 5.79. The third-order valence-electron chi connectivity index (χ3n) is 4.30. The van der Waals surface area contributed by atoms with Gasteiger partial charge in [0.1, 0.15) is 0 Å². The number of aryl methyl sites for hydroxylation is 1. The van der Waals surface area contributed by atoms with E-state index in [0.717, 1.165) is 24.3 Å². The van der Waals surface area contributed by atoms with Gasteiger partial charge in [0.2, 0.25) is 0 Å². The highest BCUT2D eigenvalue weighted by Gasteiger charge is 2.23. The molecule has 0 saturated carbocycles. The van der Waals surface area contributed by atoms with Crippen molar-refractivity contribution >= 4 is 11.6 Å². The fraction of sp³-hybridized carbons (Fsp3) is 0.333. The smallest absolute Gasteiger partial charge is 0.254 e. The third-order valence-corrected chi connectivity index (χ3v) is 4.30. The molecule has 0 N–H and O–H groups in total. The van der Waals surface area contributed by atoms with Crippen molar-refractivity contribution in [3.8, 4) is 5.75 Å². The molecule has 0 atom stereocenters. The zero-order valence-electron chi connectivity index (χ0n) is 13.8. The number of pyridine rings is 1. The van der Waals surface area contributed by atoms with Crippen LogP contribution in [-0.4, -0.2) is 49.1 Å². The minimum Gasteiger partial charge on any atom is -0.494 e. The van der Waals surface area contributed by atoms with Crippen molar-refractivity contribution in [3.05, 3.63) is 53.6 Å². The molecule has 6 heteroatoms. The van der Waals surface area contributed by atoms with Crippen LogP contribution in [0.2, 0.25) is 0 Å². The van der Waals surface area contributed by atoms with Crippen LogP contribution in [0.1, 0.15) is 15.9 Å². The van der Waals surface area contributed by atoms with Crippen LogP contribution in [0.3, 0.4) is 0 Å². The van der Waals surface area contributed by atoms with Gasteiger partial charge in [-0.25, -0.2) is 4.39 Å². The molecule has 1 aromatic heterocycles. The summed E-state index contributed by atoms with van der Waals surface area (Å²) in [5.41, 5.74) is 2.61. The standard InChI is InChI=1S/C18H20FN3O2/c1-13-12-20-6-5-16(13)21-7-9-22(10-8-21)18(23)14-3-4-17(24-2)15(19)11-14/h3-6,11-12H,7-10H2,1-2H3. The maximum absolute atomic E-state index is 13.8. The Hall–Kier alpha value is -2.63. The van der Waals surface area contributed by atoms with Gasteiger partial charge in [-0.2, -0.15) is 0 Å². The number of ether oxygens (including phenoxy) is 1. The Balaban J connectivity index is 1.67. The fourth-order valence-corrected chi connectivity index (χ4v) is 2.95. The van der Waals surface area contributed by atoms with Gasteiger partial charge in [-0.15, -0.1) is 0 Å². The van der Waals surface area contributed by atoms with Crippen molar-refractivity contribution in [3.63, 3.8) is 0 Å². The van der Waals surface area contributed by atoms with Crippen LogP contribution >= 0.6 is 0 Å². The summed E-state index contributed by atoms with van der Waals surface area (Å²) in [7, 11) is 1.40. The molecule has 0 spiro atoms. The van der Waals surface area contributed by atoms with Crippen molar-refractivity contribution in [2.24, 2.45) is 0 Å². The van der Waals surface area contributed by atoms with Gasteiger partial charge < -0.3 is 14.5 Å². The molecule has 5 nitrogen and oxygen atoms in total. The van der Waals surface area contributed by atoms with Crippen molar-refractivity contribution in [1.29, 1.82) is 0 Å². The number of nitrogens with zero attached hydrogens (tertiary/aromatic N) is 3. The summed E-state index contributed by atoms with van der Waals surface area (Å²) in [5.74, 6) is -0.526. The molecule has 24 heavy (non-hydrogen) atoms. The van der Waals surface area contributed by atoms with Crippen molar-refractivity contribution in [2.45, 2.75) is 6.92 Å². The molecule has 3 rings (SSSR count). The zero-order valence-corrected chi connectivity index (χ0v) is 13.8. The number of methoxy groups -OCH3 is 1. The van der Waals surface area contributed by atoms with Gasteiger partial charge >= 0.3 is 0 Å². The van der Waals surface area contributed by atoms with E-state index in [0.29, 0.717) is 18.7 Å². The van der Waals surface area contributed by atoms with E-state index in [4.69, 9.17) is 4.74 Å². The summed E-state index contributed by atoms with van der Waals surface area (Å²) in [6.07, 6.45) is 3.62. The van der Waals surface area contributed by atoms with Gasteiger partial charge in [0.15, 0.2) is 11.6 Å². The van der Waals surface area contributed by atoms with E-state index in [-0.39, 0.29) is 11.7 Å². The second-order valence-corrected chi connectivity index (χ2v) is 5.79. The van der Waals surface area contributed by atoms with E-state index in [2.05, 4.69) is 9.88 Å². The normalized spacial score (nSPS) is 14.6. The lowest BCUT2D eigenvalue weighted by Gasteiger charge is -2.36. The van der Waals surface area contributed by atoms with Gasteiger partial charge in [0.05, 0.1) is 7.11 Å². The zero-order chi connectivity index (χ0) is 17.1. The average Bonchev–Trinajstić information content (AvgIpc) is 2.61. The van der Waals surface area contributed by atoms with Gasteiger partial charge in [-0.3, -0.25) is 9.78 Å². The van der Waals surface area contributed by atoms with E-state index in [9.17, 15) is 9.18 Å². The van der Waals surface area contributed by atoms with Crippen molar-refractivity contribution in [2.75, 3.05) is 38.2 Å². The fourth-order valence-electron chi connectivity index (χ4n) is 2.95. The molecular weight excluding hydrogens is 309 g/mol. The summed E-state index contributed by atoms with van der Waals surface area (Å²) >= 11 is 0. The molecule has 2 heterocycles. The Labute approximate surface area is 140 Å². The lowest BCUT2D eigenvalue weighted by molar-refractivity contribution is 0.0746. The van der Waals surface area contributed by atoms with Gasteiger partial charge in [0.25, 0.3) is 5.91 Å². The minimum absolute atomic E-state index is 0.143. The highest BCUT2D eigenvalue weighted by molar-refractivity contribution is 5.94. The number of rotatable bonds is 3. The first-order valence-corrected chi connectivity index (χ1v) is 7.88. The molecule has 1 aliphatic rings. The number of hydrogen-bond acceptors (Lipinski definition) is 4. The van der Waals surface area contributed by atoms with Crippen molar-refractivity contribution < 1.29 is 13.9 Å². The molecule has 0 unspecified atom stereocenters. The van der Waals surface area contributed by atoms with Crippen molar-refractivity contribution in [1.82, 2.24) is 9.88 Å². The lowest BCUT2D eigenvalue weighted by atomic mass is 10.1. The van der Waals surface area contributed by atoms with E-state index < -0.39 is 5.82 Å². The number of piperazine rings is 1. The molecule has 1 fully saturated rings. The Morgan fingerprint density at radius 2 is 1.96 bits per heavy atom. The highest BCUT2D eigenvalue weighted by atomic mass is 19.1. The molecule has 1 amide bonds. The molecule has 1 aromatic carbocycles. The van der Waals surface area contributed by atoms with Crippen LogP contribution in [0.5, 0.6) is 5.75 Å². The topological polar surface area (TPSA) is 45.7 Å². The Morgan fingerprint density at radius 1 is 1.21 bits per heavy atom. The Morgan fingerprint density at radius 3 is 2.58 bits per heavy atom. The van der Waals surface area contributed by atoms with Gasteiger partial charge in [-0.1, -0.05) is 0 Å². The number of amides is 1. The van der Waals surface area contributed by atoms with E-state index in [1.54, 1.807) is 17.2 Å². The molecule has 1 saturated heterocycles. The number of aromatic nitrogens is 1. The first-order valence-electron chi connectivity index (χ1n) is 7.88. The summed E-state index contributed by atoms with van der Waals surface area (Å²) in [6.45, 7) is 4.73. The molecule has 1 aliphatic heterocycles. The molecule has 2 aromatic rings. The van der Waals surface area contributed by atoms with Crippen LogP contribution < -0.4 is 9.64 Å². The van der Waals surface area contributed by atoms with E-state index in [1.165, 1.54) is 19.2 Å². The van der Waals surface area contributed by atoms with Crippen LogP contribution in [0, 0.1) is 12.7 Å². The second kappa shape index (κ2) is 6.86. The average molecular weight is 329 g/mol. The molecule has 0 aliphatic carbocycles. The lowest BCUT2D eigenvalue weighted by Crippen LogP contribution is -2.49. The maximum atomic E-state index is 13.8. The SMILES string of the molecule is COc1ccc(C(=O)N2CCN(c3ccncc3C)CC2)cc1F. The number of halogens is 1. The molecule has 0 bridgehead atoms. The number of carbonyl (C=O) groups is 1. The predicted molar refractivity (Wildman–Crippen MR) is 90.0 cm³/mol. The predicted octanol–water partition coefficient (Wildman–Crippen LogP) is 2.50. The molecular formula is C18H20FN3O2. The highest BCUT2D eigenvalue weighted by Crippen LogP contribution is 2.22. The summed E-state index contributed by atoms with van der Waals surface area (Å²) in [6, 6.07) is 6.31. The summed E-state index contributed by atoms with van der Waals surface area (Å²) in [4.78, 5) is 20.7. The molecule has 126 valence electrons. The van der Waals surface area contributed by atoms with Crippen LogP contribution in [-0.2, 0) is 0 Å². The largest absolute Gasteiger partial charge is 0.494 e. The summed E-state index contributed by atoms with van der Waals surface area (Å²) in [5, 5.41) is 0. The first-order chi connectivity index (χ1) is 11.6. The first kappa shape index (κ1) is 16.2. The van der Waals surface area contributed by atoms with E-state index >= 15 is 0 Å². The van der Waals surface area contributed by atoms with E-state index in [1.807, 2.05) is 19.2 Å². The summed E-state index contributed by atoms with van der Waals surface area (Å²) < 4.78 is 18.7. The Kier molecular flexibility index (Phi) is 4.64. The Bertz CT molecular complexity index is 743. The quantitative estimate of drug-likeness (QED) is 0.868. The number of carbonyl (C=O) groups excluding carboxylic acids is 1. The van der Waals surface area contributed by atoms with Crippen LogP contribution in [0.25, 0.3) is 0 Å². The van der Waals surface area contributed by atoms with Crippen LogP contribution in [0.15, 0.2) is 36.7 Å². The molecule has 0 radical (unpaired) electrons. The minimum atomic E-state index is -0.519. The third kappa shape index (κ3) is 3.18. The van der Waals surface area contributed by atoms with Gasteiger partial charge in [-0.05, 0) is 36.8 Å². The number of hydrogen-bond donors (Lipinski definition) is 0.